The van der Waals surface area contributed by atoms with Crippen LogP contribution in [0.2, 0.25) is 0 Å². The molecule has 2 heterocycles. The van der Waals surface area contributed by atoms with Crippen molar-refractivity contribution in [3.05, 3.63) is 54.3 Å². The molecule has 2 aromatic carbocycles. The predicted molar refractivity (Wildman–Crippen MR) is 102 cm³/mol. The Labute approximate surface area is 152 Å². The van der Waals surface area contributed by atoms with E-state index in [2.05, 4.69) is 10.2 Å². The molecule has 1 aromatic heterocycles. The molecule has 4 rings (SSSR count). The highest BCUT2D eigenvalue weighted by Crippen LogP contribution is 2.30. The average Bonchev–Trinajstić information content (AvgIpc) is 3.10. The Morgan fingerprint density at radius 1 is 1.08 bits per heavy atom. The van der Waals surface area contributed by atoms with Gasteiger partial charge >= 0.3 is 0 Å². The van der Waals surface area contributed by atoms with Gasteiger partial charge in [0.15, 0.2) is 0 Å². The van der Waals surface area contributed by atoms with Crippen molar-refractivity contribution in [3.63, 3.8) is 0 Å². The van der Waals surface area contributed by atoms with Crippen LogP contribution >= 0.6 is 12.4 Å². The van der Waals surface area contributed by atoms with Gasteiger partial charge in [0.25, 0.3) is 0 Å². The largest absolute Gasteiger partial charge is 0.339 e. The number of benzene rings is 2. The molecule has 1 N–H and O–H groups in total. The highest BCUT2D eigenvalue weighted by atomic mass is 35.5. The summed E-state index contributed by atoms with van der Waals surface area (Å²) in [6, 6.07) is 15.0. The Morgan fingerprint density at radius 3 is 2.60 bits per heavy atom. The fourth-order valence-electron chi connectivity index (χ4n) is 3.24. The van der Waals surface area contributed by atoms with Crippen LogP contribution < -0.4 is 10.2 Å². The molecule has 1 aliphatic rings. The number of rotatable bonds is 3. The Bertz CT molecular complexity index is 886. The second-order valence-corrected chi connectivity index (χ2v) is 6.09. The lowest BCUT2D eigenvalue weighted by Crippen LogP contribution is -2.30. The fourth-order valence-corrected chi connectivity index (χ4v) is 3.24. The van der Waals surface area contributed by atoms with Crippen molar-refractivity contribution in [2.24, 2.45) is 0 Å². The smallest absolute Gasteiger partial charge is 0.226 e. The topological polar surface area (TPSA) is 41.0 Å². The summed E-state index contributed by atoms with van der Waals surface area (Å²) in [5, 5.41) is 4.17. The monoisotopic (exact) mass is 358 g/mol. The zero-order valence-electron chi connectivity index (χ0n) is 13.9. The minimum absolute atomic E-state index is 0. The van der Waals surface area contributed by atoms with Gasteiger partial charge in [0.05, 0.1) is 11.2 Å². The number of nitrogens with zero attached hydrogens (tertiary/aromatic N) is 3. The van der Waals surface area contributed by atoms with Gasteiger partial charge in [-0.2, -0.15) is 0 Å². The minimum atomic E-state index is -0.262. The number of likely N-dealkylation sites (N-methyl/N-ethyl adjacent to an activating group) is 1. The lowest BCUT2D eigenvalue weighted by molar-refractivity contribution is 0.616. The van der Waals surface area contributed by atoms with E-state index < -0.39 is 0 Å². The molecule has 25 heavy (non-hydrogen) atoms. The van der Waals surface area contributed by atoms with E-state index in [1.165, 1.54) is 6.07 Å². The maximum Gasteiger partial charge on any atom is 0.226 e. The van der Waals surface area contributed by atoms with E-state index in [1.54, 1.807) is 12.1 Å². The summed E-state index contributed by atoms with van der Waals surface area (Å²) in [6.07, 6.45) is 1.06. The number of hydrogen-bond acceptors (Lipinski definition) is 4. The summed E-state index contributed by atoms with van der Waals surface area (Å²) in [6.45, 7) is 1.77. The molecular weight excluding hydrogens is 339 g/mol. The van der Waals surface area contributed by atoms with Crippen molar-refractivity contribution in [1.29, 1.82) is 0 Å². The first kappa shape index (κ1) is 17.6. The molecular formula is C19H20ClFN4. The molecule has 0 spiro atoms. The highest BCUT2D eigenvalue weighted by Gasteiger charge is 2.24. The Balaban J connectivity index is 0.00000182. The van der Waals surface area contributed by atoms with E-state index in [1.807, 2.05) is 37.4 Å². The van der Waals surface area contributed by atoms with Crippen molar-refractivity contribution in [1.82, 2.24) is 15.3 Å². The summed E-state index contributed by atoms with van der Waals surface area (Å²) in [7, 11) is 1.97. The van der Waals surface area contributed by atoms with Gasteiger partial charge in [-0.3, -0.25) is 0 Å². The lowest BCUT2D eigenvalue weighted by atomic mass is 10.1. The SMILES string of the molecule is CNC1CCN(c2nc(-c3ccccc3F)c3ccccc3n2)C1.Cl. The molecule has 0 saturated carbocycles. The quantitative estimate of drug-likeness (QED) is 0.775. The van der Waals surface area contributed by atoms with Gasteiger partial charge in [0.1, 0.15) is 5.82 Å². The van der Waals surface area contributed by atoms with Crippen molar-refractivity contribution in [2.75, 3.05) is 25.0 Å². The molecule has 0 aliphatic carbocycles. The third-order valence-corrected chi connectivity index (χ3v) is 4.60. The maximum atomic E-state index is 14.3. The third-order valence-electron chi connectivity index (χ3n) is 4.60. The zero-order valence-corrected chi connectivity index (χ0v) is 14.8. The standard InChI is InChI=1S/C19H19FN4.ClH/c1-21-13-10-11-24(12-13)19-22-17-9-5-3-7-15(17)18(23-19)14-6-2-4-8-16(14)20;/h2-9,13,21H,10-12H2,1H3;1H. The van der Waals surface area contributed by atoms with Crippen LogP contribution in [0.3, 0.4) is 0 Å². The van der Waals surface area contributed by atoms with Gasteiger partial charge < -0.3 is 10.2 Å². The molecule has 3 aromatic rings. The van der Waals surface area contributed by atoms with Gasteiger partial charge in [0, 0.05) is 30.1 Å². The van der Waals surface area contributed by atoms with Gasteiger partial charge in [-0.05, 0) is 31.7 Å². The van der Waals surface area contributed by atoms with E-state index in [4.69, 9.17) is 9.97 Å². The number of aromatic nitrogens is 2. The van der Waals surface area contributed by atoms with Crippen LogP contribution in [0.4, 0.5) is 10.3 Å². The molecule has 6 heteroatoms. The first-order chi connectivity index (χ1) is 11.8. The van der Waals surface area contributed by atoms with E-state index in [9.17, 15) is 4.39 Å². The number of hydrogen-bond donors (Lipinski definition) is 1. The van der Waals surface area contributed by atoms with Crippen molar-refractivity contribution < 1.29 is 4.39 Å². The molecule has 1 atom stereocenters. The number of nitrogens with one attached hydrogen (secondary N) is 1. The Hall–Kier alpha value is -2.24. The summed E-state index contributed by atoms with van der Waals surface area (Å²) in [4.78, 5) is 11.6. The number of halogens is 2. The van der Waals surface area contributed by atoms with Crippen LogP contribution in [0.1, 0.15) is 6.42 Å². The maximum absolute atomic E-state index is 14.3. The summed E-state index contributed by atoms with van der Waals surface area (Å²) in [5.74, 6) is 0.409. The molecule has 0 amide bonds. The second-order valence-electron chi connectivity index (χ2n) is 6.09. The molecule has 4 nitrogen and oxygen atoms in total. The average molecular weight is 359 g/mol. The summed E-state index contributed by atoms with van der Waals surface area (Å²) < 4.78 is 14.3. The van der Waals surface area contributed by atoms with Crippen LogP contribution in [0.15, 0.2) is 48.5 Å². The van der Waals surface area contributed by atoms with Crippen molar-refractivity contribution in [3.8, 4) is 11.3 Å². The number of fused-ring (bicyclic) bond motifs is 1. The lowest BCUT2D eigenvalue weighted by Gasteiger charge is -2.18. The van der Waals surface area contributed by atoms with Crippen LogP contribution in [0.5, 0.6) is 0 Å². The van der Waals surface area contributed by atoms with E-state index >= 15 is 0 Å². The van der Waals surface area contributed by atoms with E-state index in [0.29, 0.717) is 23.2 Å². The molecule has 130 valence electrons. The van der Waals surface area contributed by atoms with Crippen LogP contribution in [0.25, 0.3) is 22.2 Å². The van der Waals surface area contributed by atoms with Crippen LogP contribution in [-0.2, 0) is 0 Å². The third kappa shape index (κ3) is 3.30. The Kier molecular flexibility index (Phi) is 5.16. The van der Waals surface area contributed by atoms with Crippen molar-refractivity contribution in [2.45, 2.75) is 12.5 Å². The van der Waals surface area contributed by atoms with E-state index in [-0.39, 0.29) is 18.2 Å². The highest BCUT2D eigenvalue weighted by molar-refractivity contribution is 5.93. The zero-order chi connectivity index (χ0) is 16.5. The summed E-state index contributed by atoms with van der Waals surface area (Å²) >= 11 is 0. The van der Waals surface area contributed by atoms with Crippen LogP contribution in [-0.4, -0.2) is 36.1 Å². The van der Waals surface area contributed by atoms with Crippen LogP contribution in [0, 0.1) is 5.82 Å². The normalized spacial score (nSPS) is 16.9. The fraction of sp³-hybridized carbons (Fsp3) is 0.263. The predicted octanol–water partition coefficient (Wildman–Crippen LogP) is 3.66. The number of anilines is 1. The van der Waals surface area contributed by atoms with E-state index in [0.717, 1.165) is 30.4 Å². The van der Waals surface area contributed by atoms with Gasteiger partial charge in [-0.15, -0.1) is 12.4 Å². The van der Waals surface area contributed by atoms with Gasteiger partial charge in [-0.1, -0.05) is 30.3 Å². The Morgan fingerprint density at radius 2 is 1.84 bits per heavy atom. The molecule has 1 aliphatic heterocycles. The van der Waals surface area contributed by atoms with Gasteiger partial charge in [0.2, 0.25) is 5.95 Å². The minimum Gasteiger partial charge on any atom is -0.339 e. The first-order valence-electron chi connectivity index (χ1n) is 8.20. The molecule has 1 saturated heterocycles. The molecule has 1 unspecified atom stereocenters. The summed E-state index contributed by atoms with van der Waals surface area (Å²) in [5.41, 5.74) is 2.01. The molecule has 0 bridgehead atoms. The first-order valence-corrected chi connectivity index (χ1v) is 8.20. The molecule has 0 radical (unpaired) electrons. The molecule has 1 fully saturated rings. The number of para-hydroxylation sites is 1. The van der Waals surface area contributed by atoms with Crippen molar-refractivity contribution >= 4 is 29.3 Å². The second kappa shape index (κ2) is 7.33. The van der Waals surface area contributed by atoms with Gasteiger partial charge in [-0.25, -0.2) is 14.4 Å².